The van der Waals surface area contributed by atoms with E-state index in [1.54, 1.807) is 39.2 Å². The third-order valence-electron chi connectivity index (χ3n) is 3.47. The van der Waals surface area contributed by atoms with Gasteiger partial charge in [0.15, 0.2) is 11.5 Å². The lowest BCUT2D eigenvalue weighted by Gasteiger charge is -2.27. The number of rotatable bonds is 5. The molecule has 1 atom stereocenters. The van der Waals surface area contributed by atoms with E-state index in [4.69, 9.17) is 14.2 Å². The number of carbonyl (C=O) groups excluding carboxylic acids is 2. The molecule has 1 heterocycles. The maximum Gasteiger partial charge on any atom is 0.356 e. The number of esters is 1. The molecular formula is C16H20N2O5. The van der Waals surface area contributed by atoms with Crippen LogP contribution in [-0.4, -0.2) is 32.7 Å². The molecule has 1 aliphatic rings. The number of ether oxygens (including phenoxy) is 3. The summed E-state index contributed by atoms with van der Waals surface area (Å²) in [6.45, 7) is 3.66. The summed E-state index contributed by atoms with van der Waals surface area (Å²) in [5.41, 5.74) is 1.37. The number of carbonyl (C=O) groups is 2. The second-order valence-corrected chi connectivity index (χ2v) is 4.90. The van der Waals surface area contributed by atoms with Crippen LogP contribution in [0.4, 0.5) is 0 Å². The van der Waals surface area contributed by atoms with Crippen molar-refractivity contribution in [1.82, 2.24) is 10.6 Å². The molecule has 0 fully saturated rings. The molecule has 0 radical (unpaired) electrons. The minimum atomic E-state index is -0.631. The first-order valence-electron chi connectivity index (χ1n) is 7.19. The van der Waals surface area contributed by atoms with Gasteiger partial charge in [-0.2, -0.15) is 0 Å². The summed E-state index contributed by atoms with van der Waals surface area (Å²) in [5, 5.41) is 5.63. The Morgan fingerprint density at radius 2 is 1.91 bits per heavy atom. The summed E-state index contributed by atoms with van der Waals surface area (Å²) in [6.07, 6.45) is 0. The van der Waals surface area contributed by atoms with Crippen LogP contribution in [-0.2, 0) is 14.3 Å². The third kappa shape index (κ3) is 3.39. The highest BCUT2D eigenvalue weighted by atomic mass is 16.5. The number of hydrogen-bond acceptors (Lipinski definition) is 6. The number of benzene rings is 1. The Morgan fingerprint density at radius 1 is 1.22 bits per heavy atom. The Hall–Kier alpha value is -2.70. The molecule has 7 heteroatoms. The molecule has 1 aromatic rings. The molecule has 7 nitrogen and oxygen atoms in total. The van der Waals surface area contributed by atoms with Crippen LogP contribution in [0, 0.1) is 0 Å². The largest absolute Gasteiger partial charge is 0.493 e. The number of hydrogen-bond donors (Lipinski definition) is 2. The molecule has 0 saturated carbocycles. The lowest BCUT2D eigenvalue weighted by Crippen LogP contribution is -2.45. The summed E-state index contributed by atoms with van der Waals surface area (Å²) in [7, 11) is 3.07. The van der Waals surface area contributed by atoms with Gasteiger partial charge in [-0.05, 0) is 31.5 Å². The van der Waals surface area contributed by atoms with Gasteiger partial charge in [0.1, 0.15) is 11.7 Å². The summed E-state index contributed by atoms with van der Waals surface area (Å²) >= 11 is 0. The molecule has 124 valence electrons. The Balaban J connectivity index is 2.29. The fourth-order valence-electron chi connectivity index (χ4n) is 2.32. The van der Waals surface area contributed by atoms with E-state index in [0.717, 1.165) is 0 Å². The molecule has 1 aliphatic heterocycles. The first kappa shape index (κ1) is 16.7. The molecule has 1 aromatic carbocycles. The lowest BCUT2D eigenvalue weighted by molar-refractivity contribution is -0.140. The zero-order chi connectivity index (χ0) is 17.0. The highest BCUT2D eigenvalue weighted by Gasteiger charge is 2.31. The van der Waals surface area contributed by atoms with Crippen molar-refractivity contribution in [3.05, 3.63) is 35.2 Å². The Kier molecular flexibility index (Phi) is 5.10. The van der Waals surface area contributed by atoms with Gasteiger partial charge in [-0.15, -0.1) is 0 Å². The van der Waals surface area contributed by atoms with E-state index in [0.29, 0.717) is 22.8 Å². The molecule has 1 unspecified atom stereocenters. The van der Waals surface area contributed by atoms with Crippen molar-refractivity contribution < 1.29 is 23.8 Å². The van der Waals surface area contributed by atoms with E-state index in [1.165, 1.54) is 7.11 Å². The number of amides is 1. The van der Waals surface area contributed by atoms with E-state index in [9.17, 15) is 9.59 Å². The van der Waals surface area contributed by atoms with Gasteiger partial charge in [-0.3, -0.25) is 4.79 Å². The lowest BCUT2D eigenvalue weighted by atomic mass is 10.0. The van der Waals surface area contributed by atoms with Gasteiger partial charge < -0.3 is 24.8 Å². The molecular weight excluding hydrogens is 300 g/mol. The van der Waals surface area contributed by atoms with Crippen LogP contribution >= 0.6 is 0 Å². The van der Waals surface area contributed by atoms with Gasteiger partial charge in [-0.1, -0.05) is 6.07 Å². The van der Waals surface area contributed by atoms with Crippen molar-refractivity contribution in [2.75, 3.05) is 20.8 Å². The summed E-state index contributed by atoms with van der Waals surface area (Å²) in [4.78, 5) is 24.1. The monoisotopic (exact) mass is 320 g/mol. The molecule has 0 aliphatic carbocycles. The van der Waals surface area contributed by atoms with E-state index < -0.39 is 12.0 Å². The van der Waals surface area contributed by atoms with E-state index >= 15 is 0 Å². The molecule has 2 N–H and O–H groups in total. The highest BCUT2D eigenvalue weighted by molar-refractivity contribution is 5.98. The minimum Gasteiger partial charge on any atom is -0.493 e. The quantitative estimate of drug-likeness (QED) is 0.795. The van der Waals surface area contributed by atoms with Gasteiger partial charge in [0.25, 0.3) is 5.91 Å². The molecule has 23 heavy (non-hydrogen) atoms. The first-order chi connectivity index (χ1) is 11.0. The van der Waals surface area contributed by atoms with Crippen molar-refractivity contribution in [2.24, 2.45) is 0 Å². The van der Waals surface area contributed by atoms with Crippen molar-refractivity contribution in [2.45, 2.75) is 19.9 Å². The Bertz CT molecular complexity index is 654. The maximum absolute atomic E-state index is 12.3. The number of allylic oxidation sites excluding steroid dienone is 1. The second-order valence-electron chi connectivity index (χ2n) is 4.90. The van der Waals surface area contributed by atoms with Crippen molar-refractivity contribution in [3.63, 3.8) is 0 Å². The Labute approximate surface area is 134 Å². The summed E-state index contributed by atoms with van der Waals surface area (Å²) < 4.78 is 15.4. The molecule has 0 saturated heterocycles. The van der Waals surface area contributed by atoms with E-state index in [-0.39, 0.29) is 18.2 Å². The van der Waals surface area contributed by atoms with Crippen LogP contribution in [0.5, 0.6) is 11.5 Å². The van der Waals surface area contributed by atoms with E-state index in [2.05, 4.69) is 10.6 Å². The van der Waals surface area contributed by atoms with Crippen molar-refractivity contribution >= 4 is 11.9 Å². The smallest absolute Gasteiger partial charge is 0.356 e. The highest BCUT2D eigenvalue weighted by Crippen LogP contribution is 2.31. The second kappa shape index (κ2) is 7.04. The Morgan fingerprint density at radius 3 is 2.52 bits per heavy atom. The van der Waals surface area contributed by atoms with Crippen LogP contribution in [0.2, 0.25) is 0 Å². The van der Waals surface area contributed by atoms with Crippen LogP contribution in [0.25, 0.3) is 0 Å². The van der Waals surface area contributed by atoms with Crippen LogP contribution in [0.15, 0.2) is 29.6 Å². The average molecular weight is 320 g/mol. The van der Waals surface area contributed by atoms with Gasteiger partial charge in [0.05, 0.1) is 20.8 Å². The molecule has 0 spiro atoms. The summed E-state index contributed by atoms with van der Waals surface area (Å²) in [5.74, 6) is 0.201. The topological polar surface area (TPSA) is 85.9 Å². The SMILES string of the molecule is CCOC(=O)C1=C(C)NC(c2ccc(OC)c(OC)c2)C(=O)N1. The van der Waals surface area contributed by atoms with Crippen LogP contribution < -0.4 is 20.1 Å². The minimum absolute atomic E-state index is 0.133. The standard InChI is InChI=1S/C16H20N2O5/c1-5-23-16(20)13-9(2)17-14(15(19)18-13)10-6-7-11(21-3)12(8-10)22-4/h6-8,14,17H,5H2,1-4H3,(H,18,19). The fourth-order valence-corrected chi connectivity index (χ4v) is 2.32. The number of methoxy groups -OCH3 is 2. The predicted octanol–water partition coefficient (Wildman–Crippen LogP) is 1.26. The zero-order valence-electron chi connectivity index (χ0n) is 13.6. The normalized spacial score (nSPS) is 17.2. The maximum atomic E-state index is 12.3. The zero-order valence-corrected chi connectivity index (χ0v) is 13.6. The number of nitrogens with one attached hydrogen (secondary N) is 2. The first-order valence-corrected chi connectivity index (χ1v) is 7.19. The average Bonchev–Trinajstić information content (AvgIpc) is 2.56. The molecule has 0 aromatic heterocycles. The molecule has 1 amide bonds. The van der Waals surface area contributed by atoms with Crippen LogP contribution in [0.1, 0.15) is 25.5 Å². The molecule has 0 bridgehead atoms. The fraction of sp³-hybridized carbons (Fsp3) is 0.375. The predicted molar refractivity (Wildman–Crippen MR) is 82.9 cm³/mol. The third-order valence-corrected chi connectivity index (χ3v) is 3.47. The van der Waals surface area contributed by atoms with Crippen molar-refractivity contribution in [3.8, 4) is 11.5 Å². The molecule has 2 rings (SSSR count). The van der Waals surface area contributed by atoms with E-state index in [1.807, 2.05) is 0 Å². The van der Waals surface area contributed by atoms with Crippen LogP contribution in [0.3, 0.4) is 0 Å². The van der Waals surface area contributed by atoms with Crippen molar-refractivity contribution in [1.29, 1.82) is 0 Å². The van der Waals surface area contributed by atoms with Gasteiger partial charge in [0.2, 0.25) is 0 Å². The van der Waals surface area contributed by atoms with Gasteiger partial charge >= 0.3 is 5.97 Å². The van der Waals surface area contributed by atoms with Gasteiger partial charge in [0, 0.05) is 5.70 Å². The summed E-state index contributed by atoms with van der Waals surface area (Å²) in [6, 6.07) is 4.58. The van der Waals surface area contributed by atoms with Gasteiger partial charge in [-0.25, -0.2) is 4.79 Å².